The van der Waals surface area contributed by atoms with Crippen LogP contribution in [-0.2, 0) is 0 Å². The van der Waals surface area contributed by atoms with Crippen LogP contribution < -0.4 is 0 Å². The zero-order chi connectivity index (χ0) is 12.1. The molecular formula is C9H11ClN6S. The first-order valence-corrected chi connectivity index (χ1v) is 6.55. The number of rotatable bonds is 5. The summed E-state index contributed by atoms with van der Waals surface area (Å²) in [6.07, 6.45) is 5.20. The molecule has 0 N–H and O–H groups in total. The summed E-state index contributed by atoms with van der Waals surface area (Å²) in [5, 5.41) is 4.74. The second-order valence-electron chi connectivity index (χ2n) is 3.23. The Labute approximate surface area is 108 Å². The van der Waals surface area contributed by atoms with E-state index < -0.39 is 0 Å². The lowest BCUT2D eigenvalue weighted by Crippen LogP contribution is -2.04. The van der Waals surface area contributed by atoms with Gasteiger partial charge < -0.3 is 0 Å². The van der Waals surface area contributed by atoms with Gasteiger partial charge in [0, 0.05) is 5.75 Å². The standard InChI is InChI=1S/C9H11ClN6S/c1-2-3-4-17-9-14-7(10)13-8(15-9)16-6-11-5-12-16/h5-6H,2-4H2,1H3. The van der Waals surface area contributed by atoms with Gasteiger partial charge in [-0.2, -0.15) is 24.7 Å². The average Bonchev–Trinajstić information content (AvgIpc) is 2.82. The topological polar surface area (TPSA) is 69.4 Å². The summed E-state index contributed by atoms with van der Waals surface area (Å²) in [7, 11) is 0. The Balaban J connectivity index is 2.18. The molecule has 2 aromatic heterocycles. The highest BCUT2D eigenvalue weighted by Gasteiger charge is 2.07. The molecule has 0 aliphatic rings. The van der Waals surface area contributed by atoms with Gasteiger partial charge >= 0.3 is 0 Å². The van der Waals surface area contributed by atoms with E-state index in [2.05, 4.69) is 32.0 Å². The van der Waals surface area contributed by atoms with E-state index in [1.165, 1.54) is 17.3 Å². The van der Waals surface area contributed by atoms with Crippen molar-refractivity contribution < 1.29 is 0 Å². The molecule has 17 heavy (non-hydrogen) atoms. The number of unbranched alkanes of at least 4 members (excludes halogenated alkanes) is 1. The van der Waals surface area contributed by atoms with Crippen molar-refractivity contribution in [3.05, 3.63) is 17.9 Å². The predicted octanol–water partition coefficient (Wildman–Crippen LogP) is 2.00. The second kappa shape index (κ2) is 5.92. The molecule has 0 amide bonds. The molecule has 0 atom stereocenters. The first-order valence-electron chi connectivity index (χ1n) is 5.19. The minimum absolute atomic E-state index is 0.171. The minimum atomic E-state index is 0.171. The molecule has 0 saturated heterocycles. The van der Waals surface area contributed by atoms with Crippen LogP contribution >= 0.6 is 23.4 Å². The molecule has 0 saturated carbocycles. The Morgan fingerprint density at radius 1 is 1.35 bits per heavy atom. The van der Waals surface area contributed by atoms with Crippen LogP contribution in [-0.4, -0.2) is 35.5 Å². The Morgan fingerprint density at radius 2 is 2.24 bits per heavy atom. The van der Waals surface area contributed by atoms with Crippen molar-refractivity contribution in [2.45, 2.75) is 24.9 Å². The van der Waals surface area contributed by atoms with Gasteiger partial charge in [0.05, 0.1) is 0 Å². The van der Waals surface area contributed by atoms with Gasteiger partial charge in [-0.05, 0) is 18.0 Å². The summed E-state index contributed by atoms with van der Waals surface area (Å²) in [5.41, 5.74) is 0. The van der Waals surface area contributed by atoms with Crippen molar-refractivity contribution in [2.24, 2.45) is 0 Å². The largest absolute Gasteiger partial charge is 0.257 e. The van der Waals surface area contributed by atoms with E-state index in [1.807, 2.05) is 0 Å². The van der Waals surface area contributed by atoms with E-state index >= 15 is 0 Å². The Kier molecular flexibility index (Phi) is 4.27. The molecule has 6 nitrogen and oxygen atoms in total. The average molecular weight is 271 g/mol. The normalized spacial score (nSPS) is 10.7. The van der Waals surface area contributed by atoms with Crippen molar-refractivity contribution in [3.63, 3.8) is 0 Å². The number of nitrogens with zero attached hydrogens (tertiary/aromatic N) is 6. The van der Waals surface area contributed by atoms with Crippen molar-refractivity contribution in [1.82, 2.24) is 29.7 Å². The number of halogens is 1. The molecular weight excluding hydrogens is 260 g/mol. The first-order chi connectivity index (χ1) is 8.29. The molecule has 0 fully saturated rings. The van der Waals surface area contributed by atoms with E-state index in [-0.39, 0.29) is 5.28 Å². The maximum absolute atomic E-state index is 5.84. The fourth-order valence-corrected chi connectivity index (χ4v) is 2.23. The van der Waals surface area contributed by atoms with Crippen LogP contribution in [0.1, 0.15) is 19.8 Å². The fraction of sp³-hybridized carbons (Fsp3) is 0.444. The molecule has 0 aromatic carbocycles. The molecule has 0 unspecified atom stereocenters. The molecule has 0 spiro atoms. The molecule has 0 radical (unpaired) electrons. The molecule has 0 aliphatic carbocycles. The van der Waals surface area contributed by atoms with Gasteiger partial charge in [-0.1, -0.05) is 25.1 Å². The zero-order valence-electron chi connectivity index (χ0n) is 9.25. The number of hydrogen-bond acceptors (Lipinski definition) is 6. The SMILES string of the molecule is CCCCSc1nc(Cl)nc(-n2cncn2)n1. The summed E-state index contributed by atoms with van der Waals surface area (Å²) in [6.45, 7) is 2.14. The minimum Gasteiger partial charge on any atom is -0.223 e. The van der Waals surface area contributed by atoms with Crippen LogP contribution in [0.15, 0.2) is 17.8 Å². The lowest BCUT2D eigenvalue weighted by atomic mass is 10.4. The molecule has 0 aliphatic heterocycles. The third kappa shape index (κ3) is 3.37. The lowest BCUT2D eigenvalue weighted by Gasteiger charge is -2.02. The van der Waals surface area contributed by atoms with Gasteiger partial charge in [-0.25, -0.2) is 4.98 Å². The van der Waals surface area contributed by atoms with E-state index in [0.29, 0.717) is 11.1 Å². The highest BCUT2D eigenvalue weighted by molar-refractivity contribution is 7.99. The monoisotopic (exact) mass is 270 g/mol. The summed E-state index contributed by atoms with van der Waals surface area (Å²) in [4.78, 5) is 16.2. The second-order valence-corrected chi connectivity index (χ2v) is 4.63. The smallest absolute Gasteiger partial charge is 0.223 e. The van der Waals surface area contributed by atoms with Crippen molar-refractivity contribution >= 4 is 23.4 Å². The molecule has 2 aromatic rings. The highest BCUT2D eigenvalue weighted by atomic mass is 35.5. The highest BCUT2D eigenvalue weighted by Crippen LogP contribution is 2.17. The predicted molar refractivity (Wildman–Crippen MR) is 65.4 cm³/mol. The van der Waals surface area contributed by atoms with Crippen LogP contribution in [0.4, 0.5) is 0 Å². The van der Waals surface area contributed by atoms with E-state index in [0.717, 1.165) is 18.6 Å². The Bertz CT molecular complexity index is 474. The molecule has 0 bridgehead atoms. The van der Waals surface area contributed by atoms with Gasteiger partial charge in [0.2, 0.25) is 5.28 Å². The van der Waals surface area contributed by atoms with Gasteiger partial charge in [-0.3, -0.25) is 0 Å². The zero-order valence-corrected chi connectivity index (χ0v) is 10.8. The summed E-state index contributed by atoms with van der Waals surface area (Å²) >= 11 is 7.41. The van der Waals surface area contributed by atoms with Crippen LogP contribution in [0.3, 0.4) is 0 Å². The maximum Gasteiger partial charge on any atom is 0.257 e. The van der Waals surface area contributed by atoms with Crippen molar-refractivity contribution in [1.29, 1.82) is 0 Å². The van der Waals surface area contributed by atoms with E-state index in [4.69, 9.17) is 11.6 Å². The van der Waals surface area contributed by atoms with Crippen LogP contribution in [0, 0.1) is 0 Å². The number of thioether (sulfide) groups is 1. The van der Waals surface area contributed by atoms with Crippen LogP contribution in [0.5, 0.6) is 0 Å². The van der Waals surface area contributed by atoms with Gasteiger partial charge in [-0.15, -0.1) is 0 Å². The quantitative estimate of drug-likeness (QED) is 0.611. The summed E-state index contributed by atoms with van der Waals surface area (Å²) < 4.78 is 1.46. The lowest BCUT2D eigenvalue weighted by molar-refractivity contribution is 0.756. The van der Waals surface area contributed by atoms with Crippen LogP contribution in [0.2, 0.25) is 5.28 Å². The number of hydrogen-bond donors (Lipinski definition) is 0. The molecule has 2 rings (SSSR count). The molecule has 2 heterocycles. The van der Waals surface area contributed by atoms with Crippen molar-refractivity contribution in [2.75, 3.05) is 5.75 Å². The Hall–Kier alpha value is -1.21. The maximum atomic E-state index is 5.84. The van der Waals surface area contributed by atoms with Gasteiger partial charge in [0.1, 0.15) is 12.7 Å². The first kappa shape index (κ1) is 12.3. The third-order valence-corrected chi connectivity index (χ3v) is 3.03. The summed E-state index contributed by atoms with van der Waals surface area (Å²) in [6, 6.07) is 0. The van der Waals surface area contributed by atoms with Crippen LogP contribution in [0.25, 0.3) is 5.95 Å². The van der Waals surface area contributed by atoms with E-state index in [9.17, 15) is 0 Å². The fourth-order valence-electron chi connectivity index (χ4n) is 1.11. The summed E-state index contributed by atoms with van der Waals surface area (Å²) in [5.74, 6) is 1.36. The van der Waals surface area contributed by atoms with E-state index in [1.54, 1.807) is 11.8 Å². The third-order valence-electron chi connectivity index (χ3n) is 1.93. The van der Waals surface area contributed by atoms with Gasteiger partial charge in [0.25, 0.3) is 5.95 Å². The van der Waals surface area contributed by atoms with Crippen molar-refractivity contribution in [3.8, 4) is 5.95 Å². The molecule has 8 heteroatoms. The Morgan fingerprint density at radius 3 is 2.94 bits per heavy atom. The molecule has 90 valence electrons. The van der Waals surface area contributed by atoms with Gasteiger partial charge in [0.15, 0.2) is 5.16 Å². The number of aromatic nitrogens is 6.